The topological polar surface area (TPSA) is 64.3 Å². The van der Waals surface area contributed by atoms with Gasteiger partial charge in [-0.2, -0.15) is 0 Å². The molecule has 0 spiro atoms. The van der Waals surface area contributed by atoms with Gasteiger partial charge in [-0.1, -0.05) is 18.2 Å². The Morgan fingerprint density at radius 1 is 1.41 bits per heavy atom. The fourth-order valence-electron chi connectivity index (χ4n) is 1.36. The summed E-state index contributed by atoms with van der Waals surface area (Å²) >= 11 is 0. The molecule has 94 valence electrons. The first kappa shape index (κ1) is 13.7. The Bertz CT molecular complexity index is 383. The fourth-order valence-corrected chi connectivity index (χ4v) is 1.36. The van der Waals surface area contributed by atoms with Gasteiger partial charge in [-0.3, -0.25) is 4.79 Å². The van der Waals surface area contributed by atoms with Crippen molar-refractivity contribution in [1.29, 1.82) is 0 Å². The third-order valence-corrected chi connectivity index (χ3v) is 2.43. The van der Waals surface area contributed by atoms with Crippen LogP contribution in [0.25, 0.3) is 0 Å². The first-order valence-electron chi connectivity index (χ1n) is 5.62. The number of anilines is 1. The van der Waals surface area contributed by atoms with Crippen LogP contribution in [0, 0.1) is 0 Å². The average Bonchev–Trinajstić information content (AvgIpc) is 2.26. The minimum absolute atomic E-state index is 0.192. The van der Waals surface area contributed by atoms with Gasteiger partial charge in [-0.25, -0.2) is 0 Å². The summed E-state index contributed by atoms with van der Waals surface area (Å²) in [6.07, 6.45) is 0.762. The Balaban J connectivity index is 2.80. The molecule has 0 heterocycles. The molecule has 1 aromatic carbocycles. The second-order valence-corrected chi connectivity index (χ2v) is 4.58. The van der Waals surface area contributed by atoms with Crippen LogP contribution in [0.4, 0.5) is 5.69 Å². The number of hydrogen-bond donors (Lipinski definition) is 2. The van der Waals surface area contributed by atoms with Gasteiger partial charge in [-0.15, -0.1) is 0 Å². The number of amides is 1. The number of hydrogen-bond acceptors (Lipinski definition) is 3. The molecule has 1 aromatic rings. The van der Waals surface area contributed by atoms with E-state index in [9.17, 15) is 4.79 Å². The molecule has 0 aromatic heterocycles. The molecule has 1 rings (SSSR count). The van der Waals surface area contributed by atoms with Crippen molar-refractivity contribution in [1.82, 2.24) is 0 Å². The lowest BCUT2D eigenvalue weighted by atomic mass is 10.0. The Kier molecular flexibility index (Phi) is 4.66. The molecule has 0 saturated heterocycles. The zero-order valence-corrected chi connectivity index (χ0v) is 10.6. The number of nitrogens with two attached hydrogens (primary N) is 1. The Labute approximate surface area is 102 Å². The second-order valence-electron chi connectivity index (χ2n) is 4.58. The first-order chi connectivity index (χ1) is 7.95. The number of methoxy groups -OCH3 is 1. The first-order valence-corrected chi connectivity index (χ1v) is 5.62. The molecule has 0 aliphatic rings. The number of para-hydroxylation sites is 1. The van der Waals surface area contributed by atoms with Crippen LogP contribution >= 0.6 is 0 Å². The smallest absolute Gasteiger partial charge is 0.243 e. The van der Waals surface area contributed by atoms with E-state index in [0.29, 0.717) is 6.61 Å². The lowest BCUT2D eigenvalue weighted by Gasteiger charge is -2.19. The zero-order valence-electron chi connectivity index (χ0n) is 10.6. The van der Waals surface area contributed by atoms with Gasteiger partial charge in [0.05, 0.1) is 12.1 Å². The van der Waals surface area contributed by atoms with Crippen molar-refractivity contribution in [2.45, 2.75) is 25.8 Å². The molecule has 0 saturated carbocycles. The number of rotatable bonds is 5. The van der Waals surface area contributed by atoms with Crippen LogP contribution in [-0.4, -0.2) is 25.2 Å². The van der Waals surface area contributed by atoms with E-state index < -0.39 is 5.54 Å². The van der Waals surface area contributed by atoms with Crippen molar-refractivity contribution in [3.8, 4) is 0 Å². The molecule has 3 N–H and O–H groups in total. The van der Waals surface area contributed by atoms with Crippen molar-refractivity contribution >= 4 is 11.6 Å². The predicted octanol–water partition coefficient (Wildman–Crippen LogP) is 1.55. The van der Waals surface area contributed by atoms with E-state index >= 15 is 0 Å². The highest BCUT2D eigenvalue weighted by Gasteiger charge is 2.22. The summed E-state index contributed by atoms with van der Waals surface area (Å²) in [5, 5.41) is 2.84. The quantitative estimate of drug-likeness (QED) is 0.815. The normalized spacial score (nSPS) is 11.3. The zero-order chi connectivity index (χ0) is 12.9. The molecule has 0 aliphatic heterocycles. The number of nitrogens with one attached hydrogen (secondary N) is 1. The molecule has 17 heavy (non-hydrogen) atoms. The van der Waals surface area contributed by atoms with E-state index in [1.165, 1.54) is 0 Å². The third kappa shape index (κ3) is 4.17. The van der Waals surface area contributed by atoms with Crippen LogP contribution in [0.2, 0.25) is 0 Å². The summed E-state index contributed by atoms with van der Waals surface area (Å²) in [5.41, 5.74) is 6.71. The van der Waals surface area contributed by atoms with E-state index in [4.69, 9.17) is 10.5 Å². The molecule has 0 bridgehead atoms. The Morgan fingerprint density at radius 2 is 2.06 bits per heavy atom. The van der Waals surface area contributed by atoms with Crippen molar-refractivity contribution in [3.63, 3.8) is 0 Å². The van der Waals surface area contributed by atoms with Crippen LogP contribution in [0.1, 0.15) is 19.4 Å². The Morgan fingerprint density at radius 3 is 2.65 bits per heavy atom. The van der Waals surface area contributed by atoms with E-state index in [0.717, 1.165) is 17.7 Å². The third-order valence-electron chi connectivity index (χ3n) is 2.43. The van der Waals surface area contributed by atoms with E-state index in [2.05, 4.69) is 5.32 Å². The van der Waals surface area contributed by atoms with E-state index in [1.807, 2.05) is 24.3 Å². The van der Waals surface area contributed by atoms with E-state index in [1.54, 1.807) is 21.0 Å². The van der Waals surface area contributed by atoms with Gasteiger partial charge in [0, 0.05) is 12.8 Å². The van der Waals surface area contributed by atoms with Gasteiger partial charge in [0.25, 0.3) is 0 Å². The molecule has 4 heteroatoms. The van der Waals surface area contributed by atoms with Crippen molar-refractivity contribution < 1.29 is 9.53 Å². The maximum absolute atomic E-state index is 11.8. The highest BCUT2D eigenvalue weighted by molar-refractivity contribution is 5.97. The Hall–Kier alpha value is -1.39. The second kappa shape index (κ2) is 5.80. The van der Waals surface area contributed by atoms with Gasteiger partial charge in [-0.05, 0) is 31.9 Å². The van der Waals surface area contributed by atoms with Gasteiger partial charge in [0.15, 0.2) is 0 Å². The molecule has 0 aliphatic carbocycles. The van der Waals surface area contributed by atoms with Crippen LogP contribution in [0.15, 0.2) is 24.3 Å². The van der Waals surface area contributed by atoms with Crippen molar-refractivity contribution in [3.05, 3.63) is 29.8 Å². The lowest BCUT2D eigenvalue weighted by Crippen LogP contribution is -2.45. The average molecular weight is 236 g/mol. The van der Waals surface area contributed by atoms with Gasteiger partial charge >= 0.3 is 0 Å². The number of carbonyl (C=O) groups excluding carboxylic acids is 1. The number of benzene rings is 1. The predicted molar refractivity (Wildman–Crippen MR) is 68.9 cm³/mol. The van der Waals surface area contributed by atoms with Crippen molar-refractivity contribution in [2.24, 2.45) is 5.73 Å². The SMILES string of the molecule is COCCc1ccccc1NC(=O)C(C)(C)N. The molecule has 0 atom stereocenters. The summed E-state index contributed by atoms with van der Waals surface area (Å²) in [6, 6.07) is 7.66. The summed E-state index contributed by atoms with van der Waals surface area (Å²) in [7, 11) is 1.66. The van der Waals surface area contributed by atoms with Crippen molar-refractivity contribution in [2.75, 3.05) is 19.0 Å². The highest BCUT2D eigenvalue weighted by Crippen LogP contribution is 2.17. The van der Waals surface area contributed by atoms with Crippen LogP contribution in [0.5, 0.6) is 0 Å². The standard InChI is InChI=1S/C13H20N2O2/c1-13(2,14)12(16)15-11-7-5-4-6-10(11)8-9-17-3/h4-7H,8-9,14H2,1-3H3,(H,15,16). The lowest BCUT2D eigenvalue weighted by molar-refractivity contribution is -0.120. The maximum atomic E-state index is 11.8. The van der Waals surface area contributed by atoms with Gasteiger partial charge < -0.3 is 15.8 Å². The molecule has 0 radical (unpaired) electrons. The molecular formula is C13H20N2O2. The molecule has 0 fully saturated rings. The fraction of sp³-hybridized carbons (Fsp3) is 0.462. The van der Waals surface area contributed by atoms with Crippen LogP contribution < -0.4 is 11.1 Å². The summed E-state index contributed by atoms with van der Waals surface area (Å²) in [6.45, 7) is 3.99. The molecule has 4 nitrogen and oxygen atoms in total. The minimum atomic E-state index is -0.881. The van der Waals surface area contributed by atoms with Crippen LogP contribution in [0.3, 0.4) is 0 Å². The number of carbonyl (C=O) groups is 1. The van der Waals surface area contributed by atoms with Crippen LogP contribution in [-0.2, 0) is 16.0 Å². The van der Waals surface area contributed by atoms with Gasteiger partial charge in [0.2, 0.25) is 5.91 Å². The largest absolute Gasteiger partial charge is 0.384 e. The maximum Gasteiger partial charge on any atom is 0.243 e. The summed E-state index contributed by atoms with van der Waals surface area (Å²) < 4.78 is 5.04. The number of ether oxygens (including phenoxy) is 1. The van der Waals surface area contributed by atoms with Gasteiger partial charge in [0.1, 0.15) is 0 Å². The molecular weight excluding hydrogens is 216 g/mol. The monoisotopic (exact) mass is 236 g/mol. The molecule has 0 unspecified atom stereocenters. The van der Waals surface area contributed by atoms with E-state index in [-0.39, 0.29) is 5.91 Å². The molecule has 1 amide bonds. The minimum Gasteiger partial charge on any atom is -0.384 e. The summed E-state index contributed by atoms with van der Waals surface area (Å²) in [5.74, 6) is -0.192. The summed E-state index contributed by atoms with van der Waals surface area (Å²) in [4.78, 5) is 11.8. The highest BCUT2D eigenvalue weighted by atomic mass is 16.5.